The first-order valence-electron chi connectivity index (χ1n) is 9.99. The highest BCUT2D eigenvalue weighted by Gasteiger charge is 2.24. The number of thiophene rings is 1. The van der Waals surface area contributed by atoms with E-state index >= 15 is 0 Å². The standard InChI is InChI=1S/C22H28N2O3S/c1-2-27-19-10-8-17(9-11-19)22(26)24-14-12-18(13-15-24)23-21(25)7-3-5-20-6-4-16-28-20/h4,6,8-11,16,18H,2-3,5,7,12-15H2,1H3,(H,23,25). The Kier molecular flexibility index (Phi) is 7.48. The number of amides is 2. The van der Waals surface area contributed by atoms with Gasteiger partial charge in [-0.2, -0.15) is 0 Å². The van der Waals surface area contributed by atoms with Crippen molar-refractivity contribution < 1.29 is 14.3 Å². The lowest BCUT2D eigenvalue weighted by Gasteiger charge is -2.32. The Morgan fingerprint density at radius 3 is 2.57 bits per heavy atom. The minimum absolute atomic E-state index is 0.0452. The summed E-state index contributed by atoms with van der Waals surface area (Å²) < 4.78 is 5.42. The molecule has 150 valence electrons. The van der Waals surface area contributed by atoms with Gasteiger partial charge in [0.15, 0.2) is 0 Å². The van der Waals surface area contributed by atoms with Crippen molar-refractivity contribution >= 4 is 23.2 Å². The fraction of sp³-hybridized carbons (Fsp3) is 0.455. The average molecular weight is 401 g/mol. The highest BCUT2D eigenvalue weighted by molar-refractivity contribution is 7.09. The van der Waals surface area contributed by atoms with Crippen LogP contribution in [0.4, 0.5) is 0 Å². The summed E-state index contributed by atoms with van der Waals surface area (Å²) in [4.78, 5) is 28.0. The molecule has 1 saturated heterocycles. The molecular formula is C22H28N2O3S. The number of carbonyl (C=O) groups excluding carboxylic acids is 2. The van der Waals surface area contributed by atoms with Crippen LogP contribution in [-0.2, 0) is 11.2 Å². The number of nitrogens with zero attached hydrogens (tertiary/aromatic N) is 1. The van der Waals surface area contributed by atoms with Gasteiger partial charge in [-0.3, -0.25) is 9.59 Å². The molecule has 0 radical (unpaired) electrons. The molecule has 0 aliphatic carbocycles. The van der Waals surface area contributed by atoms with E-state index in [1.807, 2.05) is 42.2 Å². The summed E-state index contributed by atoms with van der Waals surface area (Å²) >= 11 is 1.74. The molecule has 1 N–H and O–H groups in total. The molecule has 2 aromatic rings. The number of carbonyl (C=O) groups is 2. The van der Waals surface area contributed by atoms with Crippen LogP contribution < -0.4 is 10.1 Å². The first kappa shape index (κ1) is 20.4. The molecule has 1 fully saturated rings. The molecule has 1 aromatic carbocycles. The van der Waals surface area contributed by atoms with Crippen LogP contribution in [-0.4, -0.2) is 42.5 Å². The van der Waals surface area contributed by atoms with Crippen molar-refractivity contribution in [1.82, 2.24) is 10.2 Å². The van der Waals surface area contributed by atoms with Gasteiger partial charge in [0.2, 0.25) is 5.91 Å². The van der Waals surface area contributed by atoms with Crippen LogP contribution in [0.2, 0.25) is 0 Å². The zero-order valence-corrected chi connectivity index (χ0v) is 17.2. The van der Waals surface area contributed by atoms with Crippen LogP contribution in [0.1, 0.15) is 47.8 Å². The van der Waals surface area contributed by atoms with E-state index in [0.717, 1.165) is 31.4 Å². The van der Waals surface area contributed by atoms with Crippen molar-refractivity contribution in [3.05, 3.63) is 52.2 Å². The normalized spacial score (nSPS) is 14.7. The average Bonchev–Trinajstić information content (AvgIpc) is 3.22. The monoisotopic (exact) mass is 400 g/mol. The number of hydrogen-bond acceptors (Lipinski definition) is 4. The van der Waals surface area contributed by atoms with Crippen LogP contribution in [0, 0.1) is 0 Å². The minimum Gasteiger partial charge on any atom is -0.494 e. The highest BCUT2D eigenvalue weighted by Crippen LogP contribution is 2.17. The third kappa shape index (κ3) is 5.83. The molecule has 0 unspecified atom stereocenters. The first-order chi connectivity index (χ1) is 13.7. The number of rotatable bonds is 8. The lowest BCUT2D eigenvalue weighted by Crippen LogP contribution is -2.46. The summed E-state index contributed by atoms with van der Waals surface area (Å²) in [6.45, 7) is 3.89. The van der Waals surface area contributed by atoms with Gasteiger partial charge in [0.05, 0.1) is 6.61 Å². The molecule has 0 spiro atoms. The molecule has 28 heavy (non-hydrogen) atoms. The lowest BCUT2D eigenvalue weighted by molar-refractivity contribution is -0.122. The molecular weight excluding hydrogens is 372 g/mol. The molecule has 3 rings (SSSR count). The van der Waals surface area contributed by atoms with Gasteiger partial charge in [-0.15, -0.1) is 11.3 Å². The fourth-order valence-corrected chi connectivity index (χ4v) is 4.20. The molecule has 0 bridgehead atoms. The molecule has 6 heteroatoms. The number of likely N-dealkylation sites (tertiary alicyclic amines) is 1. The summed E-state index contributed by atoms with van der Waals surface area (Å²) in [6.07, 6.45) is 4.00. The zero-order valence-electron chi connectivity index (χ0n) is 16.4. The van der Waals surface area contributed by atoms with Gasteiger partial charge in [0.1, 0.15) is 5.75 Å². The third-order valence-corrected chi connectivity index (χ3v) is 5.90. The highest BCUT2D eigenvalue weighted by atomic mass is 32.1. The van der Waals surface area contributed by atoms with E-state index in [1.54, 1.807) is 11.3 Å². The van der Waals surface area contributed by atoms with Crippen molar-refractivity contribution in [2.75, 3.05) is 19.7 Å². The van der Waals surface area contributed by atoms with E-state index in [2.05, 4.69) is 16.8 Å². The van der Waals surface area contributed by atoms with Gasteiger partial charge in [0, 0.05) is 36.0 Å². The maximum Gasteiger partial charge on any atom is 0.253 e. The Balaban J connectivity index is 1.38. The Bertz CT molecular complexity index is 751. The maximum atomic E-state index is 12.7. The minimum atomic E-state index is 0.0452. The number of aryl methyl sites for hydroxylation is 1. The summed E-state index contributed by atoms with van der Waals surface area (Å²) in [5.41, 5.74) is 0.680. The summed E-state index contributed by atoms with van der Waals surface area (Å²) in [5, 5.41) is 5.20. The van der Waals surface area contributed by atoms with Gasteiger partial charge in [-0.1, -0.05) is 6.07 Å². The molecule has 1 aromatic heterocycles. The Morgan fingerprint density at radius 2 is 1.93 bits per heavy atom. The number of nitrogens with one attached hydrogen (secondary N) is 1. The first-order valence-corrected chi connectivity index (χ1v) is 10.9. The van der Waals surface area contributed by atoms with E-state index in [9.17, 15) is 9.59 Å². The summed E-state index contributed by atoms with van der Waals surface area (Å²) in [6, 6.07) is 11.6. The van der Waals surface area contributed by atoms with Crippen molar-refractivity contribution in [2.24, 2.45) is 0 Å². The SMILES string of the molecule is CCOc1ccc(C(=O)N2CCC(NC(=O)CCCc3cccs3)CC2)cc1. The molecule has 0 atom stereocenters. The number of hydrogen-bond donors (Lipinski definition) is 1. The topological polar surface area (TPSA) is 58.6 Å². The quantitative estimate of drug-likeness (QED) is 0.731. The van der Waals surface area contributed by atoms with Crippen LogP contribution in [0.5, 0.6) is 5.75 Å². The molecule has 2 heterocycles. The van der Waals surface area contributed by atoms with Gasteiger partial charge >= 0.3 is 0 Å². The maximum absolute atomic E-state index is 12.7. The molecule has 0 saturated carbocycles. The smallest absolute Gasteiger partial charge is 0.253 e. The largest absolute Gasteiger partial charge is 0.494 e. The Morgan fingerprint density at radius 1 is 1.18 bits per heavy atom. The Labute approximate surface area is 170 Å². The lowest BCUT2D eigenvalue weighted by atomic mass is 10.0. The second kappa shape index (κ2) is 10.3. The summed E-state index contributed by atoms with van der Waals surface area (Å²) in [7, 11) is 0. The fourth-order valence-electron chi connectivity index (χ4n) is 3.45. The molecule has 2 amide bonds. The number of benzene rings is 1. The van der Waals surface area contributed by atoms with Crippen molar-refractivity contribution in [1.29, 1.82) is 0 Å². The third-order valence-electron chi connectivity index (χ3n) is 4.97. The summed E-state index contributed by atoms with van der Waals surface area (Å²) in [5.74, 6) is 0.941. The van der Waals surface area contributed by atoms with E-state index in [1.165, 1.54) is 4.88 Å². The van der Waals surface area contributed by atoms with Crippen LogP contribution in [0.3, 0.4) is 0 Å². The number of piperidine rings is 1. The predicted octanol–water partition coefficient (Wildman–Crippen LogP) is 3.89. The zero-order chi connectivity index (χ0) is 19.8. The van der Waals surface area contributed by atoms with Crippen LogP contribution in [0.25, 0.3) is 0 Å². The van der Waals surface area contributed by atoms with Crippen molar-refractivity contribution in [2.45, 2.75) is 45.1 Å². The second-order valence-corrected chi connectivity index (χ2v) is 8.06. The van der Waals surface area contributed by atoms with Crippen molar-refractivity contribution in [3.63, 3.8) is 0 Å². The predicted molar refractivity (Wildman–Crippen MR) is 112 cm³/mol. The Hall–Kier alpha value is -2.34. The molecule has 1 aliphatic rings. The van der Waals surface area contributed by atoms with E-state index in [0.29, 0.717) is 31.7 Å². The van der Waals surface area contributed by atoms with Gasteiger partial charge < -0.3 is 15.0 Å². The molecule has 5 nitrogen and oxygen atoms in total. The van der Waals surface area contributed by atoms with Gasteiger partial charge in [0.25, 0.3) is 5.91 Å². The van der Waals surface area contributed by atoms with Crippen LogP contribution >= 0.6 is 11.3 Å². The van der Waals surface area contributed by atoms with E-state index in [4.69, 9.17) is 4.74 Å². The van der Waals surface area contributed by atoms with Crippen molar-refractivity contribution in [3.8, 4) is 5.75 Å². The van der Waals surface area contributed by atoms with E-state index in [-0.39, 0.29) is 17.9 Å². The molecule has 1 aliphatic heterocycles. The second-order valence-electron chi connectivity index (χ2n) is 7.02. The van der Waals surface area contributed by atoms with Gasteiger partial charge in [-0.05, 0) is 68.3 Å². The van der Waals surface area contributed by atoms with E-state index < -0.39 is 0 Å². The number of ether oxygens (including phenoxy) is 1. The van der Waals surface area contributed by atoms with Crippen LogP contribution in [0.15, 0.2) is 41.8 Å². The van der Waals surface area contributed by atoms with Gasteiger partial charge in [-0.25, -0.2) is 0 Å².